The highest BCUT2D eigenvalue weighted by molar-refractivity contribution is 5.74. The van der Waals surface area contributed by atoms with Gasteiger partial charge in [0.25, 0.3) is 0 Å². The van der Waals surface area contributed by atoms with Crippen molar-refractivity contribution in [3.63, 3.8) is 0 Å². The summed E-state index contributed by atoms with van der Waals surface area (Å²) in [7, 11) is 1.67. The van der Waals surface area contributed by atoms with Gasteiger partial charge in [-0.05, 0) is 73.8 Å². The molecular weight excluding hydrogens is 316 g/mol. The lowest BCUT2D eigenvalue weighted by Gasteiger charge is -2.57. The van der Waals surface area contributed by atoms with Gasteiger partial charge in [0.05, 0.1) is 19.4 Å². The predicted octanol–water partition coefficient (Wildman–Crippen LogP) is 3.65. The lowest BCUT2D eigenvalue weighted by Crippen LogP contribution is -2.53. The molecule has 5 heteroatoms. The summed E-state index contributed by atoms with van der Waals surface area (Å²) in [5, 5.41) is 3.25. The molecule has 1 aromatic rings. The highest BCUT2D eigenvalue weighted by atomic mass is 16.5. The Kier molecular flexibility index (Phi) is 4.76. The van der Waals surface area contributed by atoms with Gasteiger partial charge in [0, 0.05) is 20.2 Å². The maximum atomic E-state index is 12.8. The molecule has 4 fully saturated rings. The van der Waals surface area contributed by atoms with Gasteiger partial charge in [0.2, 0.25) is 0 Å². The SMILES string of the molecule is COCCN(Cc1ccco1)C(=O)NCC12CC3CC(CC(C3)C1)C2. The molecule has 138 valence electrons. The predicted molar refractivity (Wildman–Crippen MR) is 95.0 cm³/mol. The second-order valence-corrected chi connectivity index (χ2v) is 8.57. The minimum absolute atomic E-state index is 0.00388. The number of methoxy groups -OCH3 is 1. The van der Waals surface area contributed by atoms with Crippen LogP contribution >= 0.6 is 0 Å². The van der Waals surface area contributed by atoms with Crippen LogP contribution in [-0.2, 0) is 11.3 Å². The number of rotatable bonds is 7. The van der Waals surface area contributed by atoms with Crippen LogP contribution in [0.15, 0.2) is 22.8 Å². The number of ether oxygens (including phenoxy) is 1. The summed E-state index contributed by atoms with van der Waals surface area (Å²) < 4.78 is 10.6. The Morgan fingerprint density at radius 3 is 2.52 bits per heavy atom. The lowest BCUT2D eigenvalue weighted by atomic mass is 9.49. The first-order valence-electron chi connectivity index (χ1n) is 9.70. The number of hydrogen-bond donors (Lipinski definition) is 1. The highest BCUT2D eigenvalue weighted by Gasteiger charge is 2.50. The van der Waals surface area contributed by atoms with Gasteiger partial charge >= 0.3 is 6.03 Å². The smallest absolute Gasteiger partial charge is 0.317 e. The minimum atomic E-state index is 0.00388. The van der Waals surface area contributed by atoms with Gasteiger partial charge < -0.3 is 19.4 Å². The van der Waals surface area contributed by atoms with E-state index in [0.29, 0.717) is 25.1 Å². The number of urea groups is 1. The van der Waals surface area contributed by atoms with Crippen LogP contribution in [0.5, 0.6) is 0 Å². The van der Waals surface area contributed by atoms with Crippen molar-refractivity contribution in [1.29, 1.82) is 0 Å². The molecule has 4 aliphatic rings. The van der Waals surface area contributed by atoms with Gasteiger partial charge in [-0.3, -0.25) is 0 Å². The fourth-order valence-corrected chi connectivity index (χ4v) is 5.93. The summed E-state index contributed by atoms with van der Waals surface area (Å²) in [5.41, 5.74) is 0.363. The zero-order valence-corrected chi connectivity index (χ0v) is 15.2. The summed E-state index contributed by atoms with van der Waals surface area (Å²) >= 11 is 0. The molecule has 0 spiro atoms. The quantitative estimate of drug-likeness (QED) is 0.820. The topological polar surface area (TPSA) is 54.7 Å². The maximum absolute atomic E-state index is 12.8. The van der Waals surface area contributed by atoms with Gasteiger partial charge in [-0.25, -0.2) is 4.79 Å². The van der Waals surface area contributed by atoms with Crippen LogP contribution in [-0.4, -0.2) is 37.7 Å². The Balaban J connectivity index is 1.36. The molecule has 25 heavy (non-hydrogen) atoms. The Morgan fingerprint density at radius 1 is 1.28 bits per heavy atom. The number of nitrogens with zero attached hydrogens (tertiary/aromatic N) is 1. The highest BCUT2D eigenvalue weighted by Crippen LogP contribution is 2.59. The summed E-state index contributed by atoms with van der Waals surface area (Å²) in [6.07, 6.45) is 9.90. The summed E-state index contributed by atoms with van der Waals surface area (Å²) in [6.45, 7) is 2.43. The van der Waals surface area contributed by atoms with Crippen molar-refractivity contribution in [2.75, 3.05) is 26.8 Å². The number of amides is 2. The number of furan rings is 1. The van der Waals surface area contributed by atoms with Crippen molar-refractivity contribution in [3.05, 3.63) is 24.2 Å². The van der Waals surface area contributed by atoms with E-state index in [-0.39, 0.29) is 6.03 Å². The van der Waals surface area contributed by atoms with Crippen LogP contribution in [0.4, 0.5) is 4.79 Å². The third-order valence-corrected chi connectivity index (χ3v) is 6.56. The monoisotopic (exact) mass is 346 g/mol. The molecule has 1 N–H and O–H groups in total. The largest absolute Gasteiger partial charge is 0.467 e. The lowest BCUT2D eigenvalue weighted by molar-refractivity contribution is -0.0503. The molecule has 1 heterocycles. The average Bonchev–Trinajstić information content (AvgIpc) is 3.08. The fourth-order valence-electron chi connectivity index (χ4n) is 5.93. The Bertz CT molecular complexity index is 548. The molecule has 5 nitrogen and oxygen atoms in total. The van der Waals surface area contributed by atoms with Crippen LogP contribution in [0.1, 0.15) is 44.3 Å². The molecule has 0 atom stereocenters. The maximum Gasteiger partial charge on any atom is 0.317 e. The molecule has 0 radical (unpaired) electrons. The number of carbonyl (C=O) groups is 1. The zero-order valence-electron chi connectivity index (χ0n) is 15.2. The van der Waals surface area contributed by atoms with Crippen molar-refractivity contribution in [3.8, 4) is 0 Å². The van der Waals surface area contributed by atoms with E-state index in [1.807, 2.05) is 12.1 Å². The second-order valence-electron chi connectivity index (χ2n) is 8.57. The Hall–Kier alpha value is -1.49. The standard InChI is InChI=1S/C20H30N2O3/c1-24-6-4-22(13-18-3-2-5-25-18)19(23)21-14-20-10-15-7-16(11-20)9-17(8-15)12-20/h2-3,5,15-17H,4,6-14H2,1H3,(H,21,23). The minimum Gasteiger partial charge on any atom is -0.467 e. The van der Waals surface area contributed by atoms with E-state index in [0.717, 1.165) is 30.1 Å². The van der Waals surface area contributed by atoms with E-state index in [1.54, 1.807) is 18.3 Å². The fraction of sp³-hybridized carbons (Fsp3) is 0.750. The molecular formula is C20H30N2O3. The van der Waals surface area contributed by atoms with Gasteiger partial charge in [-0.1, -0.05) is 0 Å². The summed E-state index contributed by atoms with van der Waals surface area (Å²) in [6, 6.07) is 3.77. The third kappa shape index (κ3) is 3.71. The van der Waals surface area contributed by atoms with E-state index in [1.165, 1.54) is 38.5 Å². The van der Waals surface area contributed by atoms with Gasteiger partial charge in [-0.15, -0.1) is 0 Å². The van der Waals surface area contributed by atoms with Crippen molar-refractivity contribution < 1.29 is 13.9 Å². The molecule has 4 aliphatic carbocycles. The second kappa shape index (κ2) is 7.02. The summed E-state index contributed by atoms with van der Waals surface area (Å²) in [5.74, 6) is 3.55. The number of nitrogens with one attached hydrogen (secondary N) is 1. The first kappa shape index (κ1) is 17.0. The van der Waals surface area contributed by atoms with E-state index < -0.39 is 0 Å². The molecule has 4 bridgehead atoms. The first-order valence-corrected chi connectivity index (χ1v) is 9.70. The first-order chi connectivity index (χ1) is 12.2. The van der Waals surface area contributed by atoms with Crippen molar-refractivity contribution in [2.24, 2.45) is 23.2 Å². The van der Waals surface area contributed by atoms with Crippen LogP contribution in [0.3, 0.4) is 0 Å². The van der Waals surface area contributed by atoms with Crippen LogP contribution in [0.25, 0.3) is 0 Å². The van der Waals surface area contributed by atoms with Crippen LogP contribution in [0, 0.1) is 23.2 Å². The molecule has 1 aromatic heterocycles. The zero-order chi connectivity index (χ0) is 17.3. The summed E-state index contributed by atoms with van der Waals surface area (Å²) in [4.78, 5) is 14.6. The van der Waals surface area contributed by atoms with Gasteiger partial charge in [-0.2, -0.15) is 0 Å². The third-order valence-electron chi connectivity index (χ3n) is 6.56. The molecule has 0 unspecified atom stereocenters. The molecule has 0 aliphatic heterocycles. The number of hydrogen-bond acceptors (Lipinski definition) is 3. The van der Waals surface area contributed by atoms with E-state index in [4.69, 9.17) is 9.15 Å². The van der Waals surface area contributed by atoms with E-state index >= 15 is 0 Å². The van der Waals surface area contributed by atoms with Gasteiger partial charge in [0.1, 0.15) is 5.76 Å². The van der Waals surface area contributed by atoms with Crippen LogP contribution < -0.4 is 5.32 Å². The Labute approximate surface area is 150 Å². The van der Waals surface area contributed by atoms with Crippen molar-refractivity contribution in [1.82, 2.24) is 10.2 Å². The Morgan fingerprint density at radius 2 is 1.96 bits per heavy atom. The van der Waals surface area contributed by atoms with E-state index in [2.05, 4.69) is 5.32 Å². The normalized spacial score (nSPS) is 32.8. The molecule has 5 rings (SSSR count). The van der Waals surface area contributed by atoms with Crippen LogP contribution in [0.2, 0.25) is 0 Å². The molecule has 0 saturated heterocycles. The van der Waals surface area contributed by atoms with Gasteiger partial charge in [0.15, 0.2) is 0 Å². The van der Waals surface area contributed by atoms with Crippen molar-refractivity contribution >= 4 is 6.03 Å². The molecule has 4 saturated carbocycles. The van der Waals surface area contributed by atoms with Crippen molar-refractivity contribution in [2.45, 2.75) is 45.1 Å². The number of carbonyl (C=O) groups excluding carboxylic acids is 1. The molecule has 2 amide bonds. The average molecular weight is 346 g/mol. The van der Waals surface area contributed by atoms with E-state index in [9.17, 15) is 4.79 Å². The molecule has 0 aromatic carbocycles.